The van der Waals surface area contributed by atoms with Gasteiger partial charge in [0.15, 0.2) is 12.4 Å². The second-order valence-corrected chi connectivity index (χ2v) is 5.61. The molecule has 0 aliphatic carbocycles. The molecule has 3 rings (SSSR count). The Hall–Kier alpha value is -3.59. The summed E-state index contributed by atoms with van der Waals surface area (Å²) >= 11 is 0. The van der Waals surface area contributed by atoms with Crippen LogP contribution >= 0.6 is 0 Å². The summed E-state index contributed by atoms with van der Waals surface area (Å²) in [6.07, 6.45) is 1.61. The number of hydrogen-bond donors (Lipinski definition) is 0. The van der Waals surface area contributed by atoms with E-state index >= 15 is 0 Å². The highest BCUT2D eigenvalue weighted by atomic mass is 16.5. The van der Waals surface area contributed by atoms with E-state index in [-0.39, 0.29) is 18.1 Å². The summed E-state index contributed by atoms with van der Waals surface area (Å²) in [5.41, 5.74) is 2.33. The zero-order valence-electron chi connectivity index (χ0n) is 14.2. The fraction of sp³-hybridized carbons (Fsp3) is 0.150. The molecule has 0 N–H and O–H groups in total. The number of fused-ring (bicyclic) bond motifs is 1. The molecule has 2 aromatic rings. The van der Waals surface area contributed by atoms with Gasteiger partial charge in [0.25, 0.3) is 0 Å². The van der Waals surface area contributed by atoms with Gasteiger partial charge < -0.3 is 14.2 Å². The molecule has 0 fully saturated rings. The summed E-state index contributed by atoms with van der Waals surface area (Å²) in [6.45, 7) is 1.70. The van der Waals surface area contributed by atoms with Crippen LogP contribution in [-0.4, -0.2) is 25.5 Å². The maximum absolute atomic E-state index is 12.6. The molecule has 0 saturated carbocycles. The van der Waals surface area contributed by atoms with Crippen LogP contribution in [0.2, 0.25) is 0 Å². The number of carbonyl (C=O) groups excluding carboxylic acids is 2. The largest absolute Gasteiger partial charge is 0.479 e. The Balaban J connectivity index is 1.87. The molecule has 26 heavy (non-hydrogen) atoms. The Morgan fingerprint density at radius 1 is 1.27 bits per heavy atom. The van der Waals surface area contributed by atoms with Gasteiger partial charge in [-0.15, -0.1) is 0 Å². The summed E-state index contributed by atoms with van der Waals surface area (Å²) in [4.78, 5) is 24.1. The number of nitriles is 1. The molecule has 0 radical (unpaired) electrons. The molecular formula is C20H15NO5. The summed E-state index contributed by atoms with van der Waals surface area (Å²) in [6, 6.07) is 11.8. The highest BCUT2D eigenvalue weighted by molar-refractivity contribution is 6.15. The van der Waals surface area contributed by atoms with E-state index in [1.54, 1.807) is 49.4 Å². The van der Waals surface area contributed by atoms with Gasteiger partial charge in [0, 0.05) is 6.07 Å². The quantitative estimate of drug-likeness (QED) is 0.622. The number of Topliss-reactive ketones (excluding diaryl/α,β-unsaturated/α-hetero) is 1. The van der Waals surface area contributed by atoms with E-state index in [4.69, 9.17) is 14.7 Å². The predicted molar refractivity (Wildman–Crippen MR) is 93.0 cm³/mol. The van der Waals surface area contributed by atoms with Gasteiger partial charge in [-0.1, -0.05) is 12.1 Å². The molecule has 6 heteroatoms. The number of nitrogens with zero attached hydrogens (tertiary/aromatic N) is 1. The normalized spacial score (nSPS) is 13.7. The maximum atomic E-state index is 12.6. The molecule has 1 aliphatic rings. The molecule has 0 atom stereocenters. The van der Waals surface area contributed by atoms with Gasteiger partial charge in [-0.05, 0) is 42.3 Å². The molecule has 0 bridgehead atoms. The molecule has 0 saturated heterocycles. The summed E-state index contributed by atoms with van der Waals surface area (Å²) in [5, 5.41) is 8.61. The molecule has 0 aromatic heterocycles. The maximum Gasteiger partial charge on any atom is 0.337 e. The third-order valence-corrected chi connectivity index (χ3v) is 3.88. The average Bonchev–Trinajstić information content (AvgIpc) is 2.96. The Bertz CT molecular complexity index is 951. The van der Waals surface area contributed by atoms with E-state index in [2.05, 4.69) is 4.74 Å². The fourth-order valence-corrected chi connectivity index (χ4v) is 2.66. The van der Waals surface area contributed by atoms with Crippen LogP contribution in [0.3, 0.4) is 0 Å². The van der Waals surface area contributed by atoms with E-state index in [9.17, 15) is 9.59 Å². The molecule has 1 heterocycles. The second kappa shape index (κ2) is 7.11. The van der Waals surface area contributed by atoms with Crippen LogP contribution in [0, 0.1) is 18.3 Å². The number of allylic oxidation sites excluding steroid dienone is 1. The molecule has 0 spiro atoms. The second-order valence-electron chi connectivity index (χ2n) is 5.61. The van der Waals surface area contributed by atoms with Crippen LogP contribution in [0.4, 0.5) is 0 Å². The molecule has 0 unspecified atom stereocenters. The first kappa shape index (κ1) is 17.2. The van der Waals surface area contributed by atoms with E-state index in [0.717, 1.165) is 0 Å². The number of aryl methyl sites for hydroxylation is 1. The van der Waals surface area contributed by atoms with Gasteiger partial charge in [0.05, 0.1) is 18.2 Å². The lowest BCUT2D eigenvalue weighted by atomic mass is 10.0. The highest BCUT2D eigenvalue weighted by Gasteiger charge is 2.30. The van der Waals surface area contributed by atoms with Gasteiger partial charge >= 0.3 is 5.97 Å². The van der Waals surface area contributed by atoms with Crippen LogP contribution in [0.25, 0.3) is 6.08 Å². The van der Waals surface area contributed by atoms with Crippen molar-refractivity contribution in [2.24, 2.45) is 0 Å². The van der Waals surface area contributed by atoms with E-state index in [1.165, 1.54) is 7.11 Å². The first-order valence-electron chi connectivity index (χ1n) is 7.80. The number of esters is 1. The molecule has 2 aromatic carbocycles. The third-order valence-electron chi connectivity index (χ3n) is 3.88. The lowest BCUT2D eigenvalue weighted by Gasteiger charge is -2.06. The van der Waals surface area contributed by atoms with E-state index in [1.807, 2.05) is 6.07 Å². The van der Waals surface area contributed by atoms with Crippen molar-refractivity contribution in [2.75, 3.05) is 13.7 Å². The Morgan fingerprint density at radius 3 is 2.65 bits per heavy atom. The predicted octanol–water partition coefficient (Wildman–Crippen LogP) is 3.30. The van der Waals surface area contributed by atoms with Crippen molar-refractivity contribution in [2.45, 2.75) is 6.92 Å². The number of rotatable bonds is 4. The van der Waals surface area contributed by atoms with Gasteiger partial charge in [-0.3, -0.25) is 4.79 Å². The highest BCUT2D eigenvalue weighted by Crippen LogP contribution is 2.37. The van der Waals surface area contributed by atoms with Crippen molar-refractivity contribution in [3.63, 3.8) is 0 Å². The number of ketones is 1. The van der Waals surface area contributed by atoms with Crippen LogP contribution in [0.15, 0.2) is 42.2 Å². The van der Waals surface area contributed by atoms with Crippen molar-refractivity contribution < 1.29 is 23.8 Å². The van der Waals surface area contributed by atoms with Gasteiger partial charge in [-0.2, -0.15) is 5.26 Å². The minimum Gasteiger partial charge on any atom is -0.479 e. The molecule has 130 valence electrons. The molecule has 0 amide bonds. The minimum atomic E-state index is -0.426. The van der Waals surface area contributed by atoms with E-state index < -0.39 is 5.97 Å². The van der Waals surface area contributed by atoms with Crippen LogP contribution < -0.4 is 9.47 Å². The van der Waals surface area contributed by atoms with Gasteiger partial charge in [0.2, 0.25) is 5.78 Å². The fourth-order valence-electron chi connectivity index (χ4n) is 2.66. The number of hydrogen-bond acceptors (Lipinski definition) is 6. The first-order chi connectivity index (χ1) is 12.5. The van der Waals surface area contributed by atoms with Crippen molar-refractivity contribution >= 4 is 17.8 Å². The molecule has 6 nitrogen and oxygen atoms in total. The smallest absolute Gasteiger partial charge is 0.337 e. The average molecular weight is 349 g/mol. The van der Waals surface area contributed by atoms with Gasteiger partial charge in [0.1, 0.15) is 17.6 Å². The summed E-state index contributed by atoms with van der Waals surface area (Å²) in [5.74, 6) is 0.415. The minimum absolute atomic E-state index is 0.0819. The number of ether oxygens (including phenoxy) is 3. The standard InChI is InChI=1S/C20H15NO5/c1-12-9-15(25-8-7-21)11-16-18(12)19(22)17(26-16)10-13-3-5-14(6-4-13)20(23)24-2/h3-6,9-11H,8H2,1-2H3/b17-10+. The molecular weight excluding hydrogens is 334 g/mol. The van der Waals surface area contributed by atoms with Crippen LogP contribution in [0.1, 0.15) is 31.8 Å². The van der Waals surface area contributed by atoms with Crippen molar-refractivity contribution in [3.8, 4) is 17.6 Å². The SMILES string of the molecule is COC(=O)c1ccc(/C=C2/Oc3cc(OCC#N)cc(C)c3C2=O)cc1. The Labute approximate surface area is 150 Å². The third kappa shape index (κ3) is 3.28. The van der Waals surface area contributed by atoms with Gasteiger partial charge in [-0.25, -0.2) is 4.79 Å². The lowest BCUT2D eigenvalue weighted by Crippen LogP contribution is -2.01. The first-order valence-corrected chi connectivity index (χ1v) is 7.80. The van der Waals surface area contributed by atoms with Crippen molar-refractivity contribution in [1.29, 1.82) is 5.26 Å². The van der Waals surface area contributed by atoms with E-state index in [0.29, 0.717) is 33.8 Å². The number of benzene rings is 2. The topological polar surface area (TPSA) is 85.6 Å². The Kier molecular flexibility index (Phi) is 4.72. The Morgan fingerprint density at radius 2 is 2.00 bits per heavy atom. The zero-order chi connectivity index (χ0) is 18.7. The molecule has 1 aliphatic heterocycles. The number of methoxy groups -OCH3 is 1. The van der Waals surface area contributed by atoms with Crippen molar-refractivity contribution in [1.82, 2.24) is 0 Å². The van der Waals surface area contributed by atoms with Crippen LogP contribution in [0.5, 0.6) is 11.5 Å². The van der Waals surface area contributed by atoms with Crippen LogP contribution in [-0.2, 0) is 4.74 Å². The van der Waals surface area contributed by atoms with Crippen molar-refractivity contribution in [3.05, 3.63) is 64.4 Å². The number of carbonyl (C=O) groups is 2. The summed E-state index contributed by atoms with van der Waals surface area (Å²) < 4.78 is 15.6. The summed E-state index contributed by atoms with van der Waals surface area (Å²) in [7, 11) is 1.32. The lowest BCUT2D eigenvalue weighted by molar-refractivity contribution is 0.0600. The zero-order valence-corrected chi connectivity index (χ0v) is 14.2. The monoisotopic (exact) mass is 349 g/mol.